The molecule has 0 aliphatic heterocycles. The summed E-state index contributed by atoms with van der Waals surface area (Å²) < 4.78 is 14.4. The molecular weight excluding hydrogens is 471 g/mol. The molecule has 0 aromatic heterocycles. The van der Waals surface area contributed by atoms with E-state index in [0.29, 0.717) is 11.3 Å². The van der Waals surface area contributed by atoms with Gasteiger partial charge < -0.3 is 10.6 Å². The first kappa shape index (κ1) is 23.4. The summed E-state index contributed by atoms with van der Waals surface area (Å²) in [6, 6.07) is 20.1. The van der Waals surface area contributed by atoms with Gasteiger partial charge in [-0.25, -0.2) is 4.39 Å². The van der Waals surface area contributed by atoms with Gasteiger partial charge >= 0.3 is 0 Å². The van der Waals surface area contributed by atoms with Crippen molar-refractivity contribution < 1.29 is 14.0 Å². The summed E-state index contributed by atoms with van der Waals surface area (Å²) in [5, 5.41) is 5.32. The normalized spacial score (nSPS) is 11.7. The van der Waals surface area contributed by atoms with Crippen LogP contribution in [0.5, 0.6) is 0 Å². The minimum atomic E-state index is -0.557. The Balaban J connectivity index is 1.87. The van der Waals surface area contributed by atoms with Crippen molar-refractivity contribution in [1.29, 1.82) is 0 Å². The molecule has 0 heterocycles. The predicted octanol–water partition coefficient (Wildman–Crippen LogP) is 6.30. The SMILES string of the molecule is CC(C)(C)c1ccc(C(=O)N/C(=C/c2ccc(Br)cc2)C(=O)Nc2cccc(F)c2)cc1. The van der Waals surface area contributed by atoms with E-state index in [0.717, 1.165) is 15.6 Å². The summed E-state index contributed by atoms with van der Waals surface area (Å²) in [7, 11) is 0. The predicted molar refractivity (Wildman–Crippen MR) is 130 cm³/mol. The van der Waals surface area contributed by atoms with Gasteiger partial charge in [-0.15, -0.1) is 0 Å². The lowest BCUT2D eigenvalue weighted by atomic mass is 9.87. The summed E-state index contributed by atoms with van der Waals surface area (Å²) in [5.41, 5.74) is 2.55. The third-order valence-corrected chi connectivity index (χ3v) is 5.30. The van der Waals surface area contributed by atoms with Crippen molar-refractivity contribution in [2.75, 3.05) is 5.32 Å². The molecule has 2 N–H and O–H groups in total. The largest absolute Gasteiger partial charge is 0.321 e. The summed E-state index contributed by atoms with van der Waals surface area (Å²) in [6.45, 7) is 6.29. The van der Waals surface area contributed by atoms with E-state index in [9.17, 15) is 14.0 Å². The third kappa shape index (κ3) is 6.37. The van der Waals surface area contributed by atoms with Crippen LogP contribution >= 0.6 is 15.9 Å². The molecule has 2 amide bonds. The van der Waals surface area contributed by atoms with Crippen LogP contribution in [0.2, 0.25) is 0 Å². The van der Waals surface area contributed by atoms with E-state index in [-0.39, 0.29) is 11.1 Å². The summed E-state index contributed by atoms with van der Waals surface area (Å²) >= 11 is 3.38. The molecule has 3 aromatic carbocycles. The molecule has 0 atom stereocenters. The van der Waals surface area contributed by atoms with Gasteiger partial charge in [-0.2, -0.15) is 0 Å². The van der Waals surface area contributed by atoms with Crippen LogP contribution in [0.1, 0.15) is 42.3 Å². The molecule has 0 aliphatic rings. The minimum Gasteiger partial charge on any atom is -0.321 e. The van der Waals surface area contributed by atoms with Crippen molar-refractivity contribution in [1.82, 2.24) is 5.32 Å². The quantitative estimate of drug-likeness (QED) is 0.409. The second-order valence-corrected chi connectivity index (χ2v) is 9.27. The van der Waals surface area contributed by atoms with Gasteiger partial charge in [-0.05, 0) is 65.1 Å². The highest BCUT2D eigenvalue weighted by Crippen LogP contribution is 2.22. The van der Waals surface area contributed by atoms with Gasteiger partial charge in [0, 0.05) is 15.7 Å². The number of hydrogen-bond acceptors (Lipinski definition) is 2. The standard InChI is InChI=1S/C26H24BrFN2O2/c1-26(2,3)19-11-9-18(10-12-19)24(31)30-23(15-17-7-13-20(27)14-8-17)25(32)29-22-6-4-5-21(28)16-22/h4-16H,1-3H3,(H,29,32)(H,30,31)/b23-15+. The Morgan fingerprint density at radius 3 is 2.19 bits per heavy atom. The zero-order chi connectivity index (χ0) is 23.3. The molecule has 164 valence electrons. The molecule has 0 radical (unpaired) electrons. The van der Waals surface area contributed by atoms with Crippen molar-refractivity contribution in [3.05, 3.63) is 105 Å². The van der Waals surface area contributed by atoms with Crippen LogP contribution in [0.4, 0.5) is 10.1 Å². The number of carbonyl (C=O) groups excluding carboxylic acids is 2. The number of halogens is 2. The first-order valence-electron chi connectivity index (χ1n) is 10.1. The number of amides is 2. The Kier molecular flexibility index (Phi) is 7.26. The van der Waals surface area contributed by atoms with E-state index in [1.54, 1.807) is 24.3 Å². The van der Waals surface area contributed by atoms with E-state index < -0.39 is 17.6 Å². The smallest absolute Gasteiger partial charge is 0.272 e. The van der Waals surface area contributed by atoms with Crippen LogP contribution in [0.25, 0.3) is 6.08 Å². The number of rotatable bonds is 5. The van der Waals surface area contributed by atoms with Gasteiger partial charge in [-0.3, -0.25) is 9.59 Å². The maximum Gasteiger partial charge on any atom is 0.272 e. The fraction of sp³-hybridized carbons (Fsp3) is 0.154. The second-order valence-electron chi connectivity index (χ2n) is 8.36. The van der Waals surface area contributed by atoms with Crippen LogP contribution in [-0.4, -0.2) is 11.8 Å². The van der Waals surface area contributed by atoms with Crippen molar-refractivity contribution in [2.45, 2.75) is 26.2 Å². The Labute approximate surface area is 195 Å². The van der Waals surface area contributed by atoms with Gasteiger partial charge in [0.2, 0.25) is 0 Å². The van der Waals surface area contributed by atoms with Crippen LogP contribution < -0.4 is 10.6 Å². The minimum absolute atomic E-state index is 0.0352. The van der Waals surface area contributed by atoms with Crippen molar-refractivity contribution in [3.8, 4) is 0 Å². The highest BCUT2D eigenvalue weighted by molar-refractivity contribution is 9.10. The van der Waals surface area contributed by atoms with Crippen molar-refractivity contribution >= 4 is 39.5 Å². The van der Waals surface area contributed by atoms with E-state index in [2.05, 4.69) is 47.3 Å². The molecule has 0 saturated carbocycles. The second kappa shape index (κ2) is 9.92. The van der Waals surface area contributed by atoms with Gasteiger partial charge in [-0.1, -0.05) is 67.0 Å². The Morgan fingerprint density at radius 1 is 0.938 bits per heavy atom. The lowest BCUT2D eigenvalue weighted by Crippen LogP contribution is -2.30. The summed E-state index contributed by atoms with van der Waals surface area (Å²) in [5.74, 6) is -1.44. The third-order valence-electron chi connectivity index (χ3n) is 4.77. The molecule has 3 rings (SSSR count). The highest BCUT2D eigenvalue weighted by Gasteiger charge is 2.17. The topological polar surface area (TPSA) is 58.2 Å². The van der Waals surface area contributed by atoms with Gasteiger partial charge in [0.25, 0.3) is 11.8 Å². The monoisotopic (exact) mass is 494 g/mol. The van der Waals surface area contributed by atoms with E-state index in [1.807, 2.05) is 36.4 Å². The molecule has 3 aromatic rings. The van der Waals surface area contributed by atoms with Crippen LogP contribution in [0, 0.1) is 5.82 Å². The van der Waals surface area contributed by atoms with Crippen LogP contribution in [-0.2, 0) is 10.2 Å². The molecule has 0 spiro atoms. The van der Waals surface area contributed by atoms with Crippen LogP contribution in [0.3, 0.4) is 0 Å². The van der Waals surface area contributed by atoms with E-state index in [1.165, 1.54) is 18.2 Å². The lowest BCUT2D eigenvalue weighted by Gasteiger charge is -2.19. The van der Waals surface area contributed by atoms with Gasteiger partial charge in [0.15, 0.2) is 0 Å². The molecule has 0 bridgehead atoms. The average molecular weight is 495 g/mol. The maximum absolute atomic E-state index is 13.5. The Hall–Kier alpha value is -3.25. The molecule has 4 nitrogen and oxygen atoms in total. The summed E-state index contributed by atoms with van der Waals surface area (Å²) in [4.78, 5) is 25.8. The summed E-state index contributed by atoms with van der Waals surface area (Å²) in [6.07, 6.45) is 1.57. The number of carbonyl (C=O) groups is 2. The van der Waals surface area contributed by atoms with E-state index in [4.69, 9.17) is 0 Å². The van der Waals surface area contributed by atoms with Gasteiger partial charge in [0.1, 0.15) is 11.5 Å². The molecule has 0 fully saturated rings. The Bertz CT molecular complexity index is 1150. The van der Waals surface area contributed by atoms with Crippen LogP contribution in [0.15, 0.2) is 83.0 Å². The first-order valence-corrected chi connectivity index (χ1v) is 10.9. The molecular formula is C26H24BrFN2O2. The number of benzene rings is 3. The molecule has 0 saturated heterocycles. The lowest BCUT2D eigenvalue weighted by molar-refractivity contribution is -0.113. The molecule has 6 heteroatoms. The van der Waals surface area contributed by atoms with Gasteiger partial charge in [0.05, 0.1) is 0 Å². The molecule has 0 aliphatic carbocycles. The zero-order valence-corrected chi connectivity index (χ0v) is 19.7. The number of hydrogen-bond donors (Lipinski definition) is 2. The zero-order valence-electron chi connectivity index (χ0n) is 18.1. The van der Waals surface area contributed by atoms with Crippen molar-refractivity contribution in [3.63, 3.8) is 0 Å². The number of anilines is 1. The fourth-order valence-electron chi connectivity index (χ4n) is 2.96. The number of nitrogens with one attached hydrogen (secondary N) is 2. The maximum atomic E-state index is 13.5. The van der Waals surface area contributed by atoms with E-state index >= 15 is 0 Å². The molecule has 32 heavy (non-hydrogen) atoms. The van der Waals surface area contributed by atoms with Crippen molar-refractivity contribution in [2.24, 2.45) is 0 Å². The Morgan fingerprint density at radius 2 is 1.59 bits per heavy atom. The average Bonchev–Trinajstić information content (AvgIpc) is 2.74. The molecule has 0 unspecified atom stereocenters. The first-order chi connectivity index (χ1) is 15.1. The highest BCUT2D eigenvalue weighted by atomic mass is 79.9. The fourth-order valence-corrected chi connectivity index (χ4v) is 3.23.